The van der Waals surface area contributed by atoms with Crippen molar-refractivity contribution in [2.45, 2.75) is 32.5 Å². The van der Waals surface area contributed by atoms with Crippen molar-refractivity contribution in [3.63, 3.8) is 0 Å². The first kappa shape index (κ1) is 20.7. The van der Waals surface area contributed by atoms with Crippen LogP contribution in [0.25, 0.3) is 0 Å². The van der Waals surface area contributed by atoms with Crippen molar-refractivity contribution < 1.29 is 4.52 Å². The fourth-order valence-electron chi connectivity index (χ4n) is 2.94. The van der Waals surface area contributed by atoms with Crippen LogP contribution in [0.3, 0.4) is 0 Å². The summed E-state index contributed by atoms with van der Waals surface area (Å²) in [4.78, 5) is 8.93. The van der Waals surface area contributed by atoms with Gasteiger partial charge in [0.1, 0.15) is 0 Å². The Morgan fingerprint density at radius 2 is 1.88 bits per heavy atom. The summed E-state index contributed by atoms with van der Waals surface area (Å²) in [6.45, 7) is 4.11. The van der Waals surface area contributed by atoms with Gasteiger partial charge < -0.3 is 15.2 Å². The topological polar surface area (TPSA) is 71.4 Å². The van der Waals surface area contributed by atoms with Gasteiger partial charge in [0.15, 0.2) is 5.82 Å². The van der Waals surface area contributed by atoms with Gasteiger partial charge in [0, 0.05) is 25.3 Å². The van der Waals surface area contributed by atoms with E-state index in [0.717, 1.165) is 19.6 Å². The Labute approximate surface area is 155 Å². The van der Waals surface area contributed by atoms with Gasteiger partial charge in [-0.3, -0.25) is 4.90 Å². The van der Waals surface area contributed by atoms with Gasteiger partial charge in [-0.15, -0.1) is 24.8 Å². The maximum atomic E-state index is 5.49. The quantitative estimate of drug-likeness (QED) is 0.838. The predicted octanol–water partition coefficient (Wildman–Crippen LogP) is 2.60. The summed E-state index contributed by atoms with van der Waals surface area (Å²) in [6.07, 6.45) is 2.57. The highest BCUT2D eigenvalue weighted by Crippen LogP contribution is 2.25. The first-order valence-corrected chi connectivity index (χ1v) is 7.79. The molecular formula is C16H25Cl2N5O. The fourth-order valence-corrected chi connectivity index (χ4v) is 2.94. The first-order chi connectivity index (χ1) is 10.8. The molecule has 1 aromatic carbocycles. The minimum absolute atomic E-state index is 0. The molecule has 0 radical (unpaired) electrons. The third-order valence-corrected chi connectivity index (χ3v) is 3.97. The molecule has 0 amide bonds. The van der Waals surface area contributed by atoms with E-state index in [0.29, 0.717) is 18.3 Å². The third kappa shape index (κ3) is 5.08. The van der Waals surface area contributed by atoms with Crippen LogP contribution in [0.4, 0.5) is 5.69 Å². The third-order valence-electron chi connectivity index (χ3n) is 3.97. The van der Waals surface area contributed by atoms with Crippen LogP contribution in [0.2, 0.25) is 0 Å². The summed E-state index contributed by atoms with van der Waals surface area (Å²) in [5.74, 6) is 1.17. The number of hydrogen-bond acceptors (Lipinski definition) is 6. The van der Waals surface area contributed by atoms with Gasteiger partial charge >= 0.3 is 0 Å². The Kier molecular flexibility index (Phi) is 8.48. The molecule has 134 valence electrons. The van der Waals surface area contributed by atoms with E-state index in [1.165, 1.54) is 24.1 Å². The zero-order chi connectivity index (χ0) is 15.4. The predicted molar refractivity (Wildman–Crippen MR) is 99.7 cm³/mol. The Balaban J connectivity index is 0.00000144. The Hall–Kier alpha value is -1.34. The maximum Gasteiger partial charge on any atom is 0.240 e. The number of nitrogens with zero attached hydrogens (tertiary/aromatic N) is 4. The molecule has 2 aromatic rings. The molecule has 24 heavy (non-hydrogen) atoms. The van der Waals surface area contributed by atoms with Crippen LogP contribution in [0.1, 0.15) is 30.1 Å². The van der Waals surface area contributed by atoms with Crippen molar-refractivity contribution in [1.82, 2.24) is 15.0 Å². The summed E-state index contributed by atoms with van der Waals surface area (Å²) in [5.41, 5.74) is 8.18. The monoisotopic (exact) mass is 373 g/mol. The Morgan fingerprint density at radius 3 is 2.54 bits per heavy atom. The van der Waals surface area contributed by atoms with Gasteiger partial charge in [-0.25, -0.2) is 0 Å². The van der Waals surface area contributed by atoms with Gasteiger partial charge in [-0.05, 0) is 31.5 Å². The minimum Gasteiger partial charge on any atom is -0.371 e. The SMILES string of the molecule is CN(Cc1noc(CN)n1)Cc1ccccc1N1CCCC1.Cl.Cl. The van der Waals surface area contributed by atoms with Crippen molar-refractivity contribution in [3.05, 3.63) is 41.5 Å². The van der Waals surface area contributed by atoms with E-state index in [1.54, 1.807) is 0 Å². The number of benzene rings is 1. The van der Waals surface area contributed by atoms with Crippen molar-refractivity contribution in [1.29, 1.82) is 0 Å². The van der Waals surface area contributed by atoms with Gasteiger partial charge in [0.25, 0.3) is 0 Å². The molecule has 1 aliphatic heterocycles. The fraction of sp³-hybridized carbons (Fsp3) is 0.500. The summed E-state index contributed by atoms with van der Waals surface area (Å²) < 4.78 is 5.05. The molecular weight excluding hydrogens is 349 g/mol. The van der Waals surface area contributed by atoms with Crippen molar-refractivity contribution in [3.8, 4) is 0 Å². The molecule has 1 aliphatic rings. The van der Waals surface area contributed by atoms with Gasteiger partial charge in [-0.1, -0.05) is 23.4 Å². The van der Waals surface area contributed by atoms with Crippen LogP contribution in [-0.2, 0) is 19.6 Å². The van der Waals surface area contributed by atoms with E-state index in [4.69, 9.17) is 10.3 Å². The highest BCUT2D eigenvalue weighted by molar-refractivity contribution is 5.85. The maximum absolute atomic E-state index is 5.49. The molecule has 0 aliphatic carbocycles. The van der Waals surface area contributed by atoms with Crippen molar-refractivity contribution in [2.24, 2.45) is 5.73 Å². The lowest BCUT2D eigenvalue weighted by Gasteiger charge is -2.23. The largest absolute Gasteiger partial charge is 0.371 e. The van der Waals surface area contributed by atoms with Crippen LogP contribution in [0.15, 0.2) is 28.8 Å². The average molecular weight is 374 g/mol. The lowest BCUT2D eigenvalue weighted by atomic mass is 10.1. The standard InChI is InChI=1S/C16H23N5O.2ClH/c1-20(12-15-18-16(10-17)22-19-15)11-13-6-2-3-7-14(13)21-8-4-5-9-21;;/h2-3,6-7H,4-5,8-12,17H2,1H3;2*1H. The minimum atomic E-state index is 0. The van der Waals surface area contributed by atoms with E-state index in [9.17, 15) is 0 Å². The van der Waals surface area contributed by atoms with Gasteiger partial charge in [0.05, 0.1) is 13.1 Å². The molecule has 1 fully saturated rings. The number of anilines is 1. The highest BCUT2D eigenvalue weighted by atomic mass is 35.5. The summed E-state index contributed by atoms with van der Waals surface area (Å²) in [6, 6.07) is 8.63. The second-order valence-electron chi connectivity index (χ2n) is 5.80. The Morgan fingerprint density at radius 1 is 1.17 bits per heavy atom. The van der Waals surface area contributed by atoms with Gasteiger partial charge in [-0.2, -0.15) is 4.98 Å². The molecule has 1 saturated heterocycles. The molecule has 2 N–H and O–H groups in total. The zero-order valence-electron chi connectivity index (χ0n) is 13.9. The molecule has 6 nitrogen and oxygen atoms in total. The normalized spacial score (nSPS) is 13.7. The van der Waals surface area contributed by atoms with Crippen molar-refractivity contribution in [2.75, 3.05) is 25.0 Å². The zero-order valence-corrected chi connectivity index (χ0v) is 15.5. The average Bonchev–Trinajstić information content (AvgIpc) is 3.19. The molecule has 0 atom stereocenters. The lowest BCUT2D eigenvalue weighted by Crippen LogP contribution is -2.23. The summed E-state index contributed by atoms with van der Waals surface area (Å²) in [5, 5.41) is 3.95. The second kappa shape index (κ2) is 9.84. The van der Waals surface area contributed by atoms with Crippen molar-refractivity contribution >= 4 is 30.5 Å². The lowest BCUT2D eigenvalue weighted by molar-refractivity contribution is 0.300. The molecule has 0 saturated carbocycles. The number of nitrogens with two attached hydrogens (primary N) is 1. The van der Waals surface area contributed by atoms with Crippen LogP contribution in [0.5, 0.6) is 0 Å². The Bertz CT molecular complexity index is 616. The molecule has 0 unspecified atom stereocenters. The van der Waals surface area contributed by atoms with Crippen LogP contribution in [0, 0.1) is 0 Å². The molecule has 1 aromatic heterocycles. The summed E-state index contributed by atoms with van der Waals surface area (Å²) in [7, 11) is 2.07. The number of hydrogen-bond donors (Lipinski definition) is 1. The number of halogens is 2. The summed E-state index contributed by atoms with van der Waals surface area (Å²) >= 11 is 0. The molecule has 0 bridgehead atoms. The number of rotatable bonds is 6. The van der Waals surface area contributed by atoms with E-state index < -0.39 is 0 Å². The molecule has 8 heteroatoms. The smallest absolute Gasteiger partial charge is 0.240 e. The highest BCUT2D eigenvalue weighted by Gasteiger charge is 2.16. The van der Waals surface area contributed by atoms with E-state index in [-0.39, 0.29) is 31.4 Å². The van der Waals surface area contributed by atoms with Crippen LogP contribution < -0.4 is 10.6 Å². The van der Waals surface area contributed by atoms with E-state index in [2.05, 4.69) is 51.3 Å². The van der Waals surface area contributed by atoms with Crippen LogP contribution >= 0.6 is 24.8 Å². The van der Waals surface area contributed by atoms with E-state index >= 15 is 0 Å². The molecule has 3 rings (SSSR count). The first-order valence-electron chi connectivity index (χ1n) is 7.79. The molecule has 0 spiro atoms. The molecule has 2 heterocycles. The van der Waals surface area contributed by atoms with Crippen LogP contribution in [-0.4, -0.2) is 35.2 Å². The van der Waals surface area contributed by atoms with E-state index in [1.807, 2.05) is 0 Å². The van der Waals surface area contributed by atoms with Gasteiger partial charge in [0.2, 0.25) is 5.89 Å². The number of para-hydroxylation sites is 1. The second-order valence-corrected chi connectivity index (χ2v) is 5.80. The number of aromatic nitrogens is 2.